The molecule has 1 saturated carbocycles. The lowest BCUT2D eigenvalue weighted by Crippen LogP contribution is -2.30. The average Bonchev–Trinajstić information content (AvgIpc) is 2.28. The third kappa shape index (κ3) is 4.73. The summed E-state index contributed by atoms with van der Waals surface area (Å²) >= 11 is 0. The predicted octanol–water partition coefficient (Wildman–Crippen LogP) is 1.20. The van der Waals surface area contributed by atoms with E-state index in [4.69, 9.17) is 15.2 Å². The van der Waals surface area contributed by atoms with Gasteiger partial charge in [-0.25, -0.2) is 0 Å². The molecular weight excluding hydrogens is 222 g/mol. The minimum atomic E-state index is -0.799. The molecule has 0 heterocycles. The number of carbonyl (C=O) groups is 2. The Morgan fingerprint density at radius 3 is 2.29 bits per heavy atom. The molecule has 1 aliphatic rings. The summed E-state index contributed by atoms with van der Waals surface area (Å²) in [5.74, 6) is -0.257. The van der Waals surface area contributed by atoms with E-state index in [9.17, 15) is 9.59 Å². The first-order valence-electron chi connectivity index (χ1n) is 6.10. The Morgan fingerprint density at radius 2 is 1.82 bits per heavy atom. The van der Waals surface area contributed by atoms with Crippen LogP contribution in [0.15, 0.2) is 0 Å². The van der Waals surface area contributed by atoms with E-state index in [0.29, 0.717) is 12.5 Å². The lowest BCUT2D eigenvalue weighted by molar-refractivity contribution is -0.186. The van der Waals surface area contributed by atoms with Crippen LogP contribution in [-0.2, 0) is 19.1 Å². The predicted molar refractivity (Wildman–Crippen MR) is 61.8 cm³/mol. The average molecular weight is 243 g/mol. The second-order valence-corrected chi connectivity index (χ2v) is 4.57. The molecule has 5 heteroatoms. The van der Waals surface area contributed by atoms with Crippen LogP contribution in [0.5, 0.6) is 0 Å². The summed E-state index contributed by atoms with van der Waals surface area (Å²) in [6.45, 7) is 3.52. The van der Waals surface area contributed by atoms with Crippen LogP contribution < -0.4 is 5.73 Å². The highest BCUT2D eigenvalue weighted by atomic mass is 16.7. The summed E-state index contributed by atoms with van der Waals surface area (Å²) in [7, 11) is 0. The molecule has 1 fully saturated rings. The minimum Gasteiger partial charge on any atom is -0.426 e. The van der Waals surface area contributed by atoms with E-state index in [1.54, 1.807) is 6.92 Å². The van der Waals surface area contributed by atoms with Crippen molar-refractivity contribution < 1.29 is 19.1 Å². The Bertz CT molecular complexity index is 272. The Kier molecular flexibility index (Phi) is 5.41. The fourth-order valence-electron chi connectivity index (χ4n) is 2.15. The van der Waals surface area contributed by atoms with Gasteiger partial charge in [0.05, 0.1) is 5.92 Å². The van der Waals surface area contributed by atoms with E-state index in [-0.39, 0.29) is 11.9 Å². The molecule has 0 saturated heterocycles. The van der Waals surface area contributed by atoms with Gasteiger partial charge in [0, 0.05) is 13.8 Å². The quantitative estimate of drug-likeness (QED) is 0.593. The van der Waals surface area contributed by atoms with Crippen molar-refractivity contribution in [1.82, 2.24) is 0 Å². The molecule has 1 unspecified atom stereocenters. The van der Waals surface area contributed by atoms with Gasteiger partial charge in [0.25, 0.3) is 0 Å². The standard InChI is InChI=1S/C12H21NO4/c1-8(14)16-9(2)17-12(15)11-5-3-10(7-13)4-6-11/h9-11H,3-7,13H2,1-2H3. The maximum absolute atomic E-state index is 11.7. The second-order valence-electron chi connectivity index (χ2n) is 4.57. The zero-order valence-corrected chi connectivity index (χ0v) is 10.5. The van der Waals surface area contributed by atoms with Crippen LogP contribution in [0.4, 0.5) is 0 Å². The van der Waals surface area contributed by atoms with Gasteiger partial charge < -0.3 is 15.2 Å². The zero-order valence-electron chi connectivity index (χ0n) is 10.5. The van der Waals surface area contributed by atoms with Gasteiger partial charge in [-0.2, -0.15) is 0 Å². The first-order chi connectivity index (χ1) is 8.02. The topological polar surface area (TPSA) is 78.6 Å². The molecule has 0 spiro atoms. The number of hydrogen-bond acceptors (Lipinski definition) is 5. The lowest BCUT2D eigenvalue weighted by atomic mass is 9.82. The molecule has 0 amide bonds. The molecule has 0 aromatic heterocycles. The third-order valence-corrected chi connectivity index (χ3v) is 3.13. The summed E-state index contributed by atoms with van der Waals surface area (Å²) < 4.78 is 9.81. The maximum Gasteiger partial charge on any atom is 0.311 e. The largest absolute Gasteiger partial charge is 0.426 e. The van der Waals surface area contributed by atoms with Crippen LogP contribution in [0.3, 0.4) is 0 Å². The normalized spacial score (nSPS) is 26.1. The van der Waals surface area contributed by atoms with E-state index in [1.807, 2.05) is 0 Å². The van der Waals surface area contributed by atoms with Crippen molar-refractivity contribution in [3.63, 3.8) is 0 Å². The van der Waals surface area contributed by atoms with Crippen LogP contribution in [0.2, 0.25) is 0 Å². The fraction of sp³-hybridized carbons (Fsp3) is 0.833. The van der Waals surface area contributed by atoms with Gasteiger partial charge in [0.2, 0.25) is 6.29 Å². The molecule has 1 atom stereocenters. The van der Waals surface area contributed by atoms with Crippen molar-refractivity contribution in [2.24, 2.45) is 17.6 Å². The SMILES string of the molecule is CC(=O)OC(C)OC(=O)C1CCC(CN)CC1. The van der Waals surface area contributed by atoms with Gasteiger partial charge in [0.15, 0.2) is 0 Å². The Hall–Kier alpha value is -1.10. The van der Waals surface area contributed by atoms with Crippen molar-refractivity contribution in [3.8, 4) is 0 Å². The van der Waals surface area contributed by atoms with Crippen molar-refractivity contribution >= 4 is 11.9 Å². The number of nitrogens with two attached hydrogens (primary N) is 1. The van der Waals surface area contributed by atoms with Gasteiger partial charge in [-0.1, -0.05) is 0 Å². The van der Waals surface area contributed by atoms with E-state index in [2.05, 4.69) is 0 Å². The molecule has 0 aliphatic heterocycles. The molecule has 0 bridgehead atoms. The summed E-state index contributed by atoms with van der Waals surface area (Å²) in [6, 6.07) is 0. The van der Waals surface area contributed by atoms with Gasteiger partial charge in [0.1, 0.15) is 0 Å². The van der Waals surface area contributed by atoms with Gasteiger partial charge >= 0.3 is 11.9 Å². The van der Waals surface area contributed by atoms with E-state index < -0.39 is 12.3 Å². The Morgan fingerprint density at radius 1 is 1.24 bits per heavy atom. The van der Waals surface area contributed by atoms with E-state index in [1.165, 1.54) is 6.92 Å². The molecule has 0 radical (unpaired) electrons. The molecule has 2 N–H and O–H groups in total. The maximum atomic E-state index is 11.7. The molecule has 0 aromatic carbocycles. The van der Waals surface area contributed by atoms with Gasteiger partial charge in [-0.15, -0.1) is 0 Å². The summed E-state index contributed by atoms with van der Waals surface area (Å²) in [6.07, 6.45) is 2.77. The van der Waals surface area contributed by atoms with Crippen LogP contribution in [0, 0.1) is 11.8 Å². The molecule has 1 rings (SSSR count). The van der Waals surface area contributed by atoms with E-state index in [0.717, 1.165) is 25.7 Å². The Balaban J connectivity index is 2.31. The summed E-state index contributed by atoms with van der Waals surface area (Å²) in [4.78, 5) is 22.4. The number of esters is 2. The van der Waals surface area contributed by atoms with Crippen molar-refractivity contribution in [1.29, 1.82) is 0 Å². The lowest BCUT2D eigenvalue weighted by Gasteiger charge is -2.27. The minimum absolute atomic E-state index is 0.0733. The van der Waals surface area contributed by atoms with Crippen molar-refractivity contribution in [2.45, 2.75) is 45.8 Å². The molecule has 5 nitrogen and oxygen atoms in total. The molecular formula is C12H21NO4. The Labute approximate surface area is 102 Å². The second kappa shape index (κ2) is 6.59. The monoisotopic (exact) mass is 243 g/mol. The smallest absolute Gasteiger partial charge is 0.311 e. The van der Waals surface area contributed by atoms with Crippen LogP contribution in [0.25, 0.3) is 0 Å². The zero-order chi connectivity index (χ0) is 12.8. The van der Waals surface area contributed by atoms with Gasteiger partial charge in [-0.3, -0.25) is 9.59 Å². The first-order valence-corrected chi connectivity index (χ1v) is 6.10. The van der Waals surface area contributed by atoms with Gasteiger partial charge in [-0.05, 0) is 38.1 Å². The number of rotatable bonds is 4. The third-order valence-electron chi connectivity index (χ3n) is 3.13. The first kappa shape index (κ1) is 14.0. The van der Waals surface area contributed by atoms with Crippen LogP contribution >= 0.6 is 0 Å². The fourth-order valence-corrected chi connectivity index (χ4v) is 2.15. The molecule has 0 aromatic rings. The highest BCUT2D eigenvalue weighted by Gasteiger charge is 2.28. The van der Waals surface area contributed by atoms with Crippen molar-refractivity contribution in [3.05, 3.63) is 0 Å². The molecule has 98 valence electrons. The highest BCUT2D eigenvalue weighted by Crippen LogP contribution is 2.29. The number of carbonyl (C=O) groups excluding carboxylic acids is 2. The number of ether oxygens (including phenoxy) is 2. The summed E-state index contributed by atoms with van der Waals surface area (Å²) in [5.41, 5.74) is 5.59. The van der Waals surface area contributed by atoms with Crippen LogP contribution in [0.1, 0.15) is 39.5 Å². The highest BCUT2D eigenvalue weighted by molar-refractivity contribution is 5.73. The number of hydrogen-bond donors (Lipinski definition) is 1. The van der Waals surface area contributed by atoms with E-state index >= 15 is 0 Å². The summed E-state index contributed by atoms with van der Waals surface area (Å²) in [5, 5.41) is 0. The molecule has 1 aliphatic carbocycles. The molecule has 17 heavy (non-hydrogen) atoms. The van der Waals surface area contributed by atoms with Crippen LogP contribution in [-0.4, -0.2) is 24.8 Å². The van der Waals surface area contributed by atoms with Crippen molar-refractivity contribution in [2.75, 3.05) is 6.54 Å².